The van der Waals surface area contributed by atoms with E-state index in [0.29, 0.717) is 31.2 Å². The molecule has 0 unspecified atom stereocenters. The van der Waals surface area contributed by atoms with Gasteiger partial charge in [-0.3, -0.25) is 0 Å². The Balaban J connectivity index is 2.15. The van der Waals surface area contributed by atoms with E-state index in [1.54, 1.807) is 11.8 Å². The van der Waals surface area contributed by atoms with Gasteiger partial charge in [-0.1, -0.05) is 12.6 Å². The number of aliphatic hydroxyl groups excluding tert-OH is 1. The maximum absolute atomic E-state index is 9.20. The number of ether oxygens (including phenoxy) is 2. The minimum atomic E-state index is 0.0523. The SMILES string of the molecule is C=C(C)COc1cc(CNc2c(C)c(C)nn2CCO)ccc1OC. The van der Waals surface area contributed by atoms with Crippen molar-refractivity contribution in [3.8, 4) is 11.5 Å². The molecule has 0 aliphatic heterocycles. The third-order valence-corrected chi connectivity index (χ3v) is 3.90. The van der Waals surface area contributed by atoms with Crippen LogP contribution in [0.3, 0.4) is 0 Å². The molecule has 0 aliphatic rings. The van der Waals surface area contributed by atoms with E-state index >= 15 is 0 Å². The highest BCUT2D eigenvalue weighted by molar-refractivity contribution is 5.49. The summed E-state index contributed by atoms with van der Waals surface area (Å²) in [7, 11) is 1.63. The minimum absolute atomic E-state index is 0.0523. The van der Waals surface area contributed by atoms with Gasteiger partial charge in [-0.25, -0.2) is 4.68 Å². The number of hydrogen-bond donors (Lipinski definition) is 2. The zero-order valence-corrected chi connectivity index (χ0v) is 15.4. The van der Waals surface area contributed by atoms with Gasteiger partial charge in [-0.05, 0) is 44.0 Å². The minimum Gasteiger partial charge on any atom is -0.493 e. The lowest BCUT2D eigenvalue weighted by atomic mass is 10.2. The van der Waals surface area contributed by atoms with Gasteiger partial charge in [0.1, 0.15) is 12.4 Å². The largest absolute Gasteiger partial charge is 0.493 e. The molecule has 0 aliphatic carbocycles. The topological polar surface area (TPSA) is 68.5 Å². The van der Waals surface area contributed by atoms with Crippen LogP contribution >= 0.6 is 0 Å². The molecular formula is C19H27N3O3. The number of benzene rings is 1. The quantitative estimate of drug-likeness (QED) is 0.684. The van der Waals surface area contributed by atoms with E-state index in [9.17, 15) is 5.11 Å². The van der Waals surface area contributed by atoms with Crippen LogP contribution in [-0.4, -0.2) is 35.2 Å². The van der Waals surface area contributed by atoms with Crippen molar-refractivity contribution in [2.45, 2.75) is 33.9 Å². The molecule has 2 aromatic rings. The highest BCUT2D eigenvalue weighted by Crippen LogP contribution is 2.29. The van der Waals surface area contributed by atoms with E-state index in [0.717, 1.165) is 28.2 Å². The van der Waals surface area contributed by atoms with Crippen LogP contribution in [0.15, 0.2) is 30.4 Å². The first-order valence-electron chi connectivity index (χ1n) is 8.29. The number of aryl methyl sites for hydroxylation is 1. The van der Waals surface area contributed by atoms with Crippen molar-refractivity contribution < 1.29 is 14.6 Å². The number of nitrogens with zero attached hydrogens (tertiary/aromatic N) is 2. The number of rotatable bonds is 9. The molecule has 0 spiro atoms. The molecule has 25 heavy (non-hydrogen) atoms. The second-order valence-corrected chi connectivity index (χ2v) is 6.09. The Labute approximate surface area is 149 Å². The lowest BCUT2D eigenvalue weighted by Gasteiger charge is -2.14. The van der Waals surface area contributed by atoms with Crippen molar-refractivity contribution in [3.63, 3.8) is 0 Å². The summed E-state index contributed by atoms with van der Waals surface area (Å²) < 4.78 is 12.9. The summed E-state index contributed by atoms with van der Waals surface area (Å²) in [4.78, 5) is 0. The van der Waals surface area contributed by atoms with Crippen molar-refractivity contribution in [2.24, 2.45) is 0 Å². The summed E-state index contributed by atoms with van der Waals surface area (Å²) in [5, 5.41) is 17.1. The predicted octanol–water partition coefficient (Wildman–Crippen LogP) is 3.07. The predicted molar refractivity (Wildman–Crippen MR) is 99.4 cm³/mol. The average molecular weight is 345 g/mol. The molecule has 2 N–H and O–H groups in total. The Kier molecular flexibility index (Phi) is 6.47. The highest BCUT2D eigenvalue weighted by Gasteiger charge is 2.12. The fourth-order valence-corrected chi connectivity index (χ4v) is 2.48. The van der Waals surface area contributed by atoms with Crippen molar-refractivity contribution in [2.75, 3.05) is 25.6 Å². The molecule has 0 atom stereocenters. The standard InChI is InChI=1S/C19H27N3O3/c1-13(2)12-25-18-10-16(6-7-17(18)24-5)11-20-19-14(3)15(4)21-22(19)8-9-23/h6-7,10,20,23H,1,8-9,11-12H2,2-5H3. The van der Waals surface area contributed by atoms with Gasteiger partial charge < -0.3 is 19.9 Å². The van der Waals surface area contributed by atoms with Crippen LogP contribution < -0.4 is 14.8 Å². The summed E-state index contributed by atoms with van der Waals surface area (Å²) in [6.45, 7) is 11.3. The van der Waals surface area contributed by atoms with E-state index in [1.807, 2.05) is 39.0 Å². The van der Waals surface area contributed by atoms with Gasteiger partial charge in [0.2, 0.25) is 0 Å². The summed E-state index contributed by atoms with van der Waals surface area (Å²) in [5.74, 6) is 2.32. The van der Waals surface area contributed by atoms with Crippen LogP contribution in [0.5, 0.6) is 11.5 Å². The number of aliphatic hydroxyl groups is 1. The van der Waals surface area contributed by atoms with Gasteiger partial charge in [0.05, 0.1) is 26.0 Å². The molecule has 6 nitrogen and oxygen atoms in total. The number of methoxy groups -OCH3 is 1. The van der Waals surface area contributed by atoms with Crippen LogP contribution in [-0.2, 0) is 13.1 Å². The lowest BCUT2D eigenvalue weighted by molar-refractivity contribution is 0.270. The number of hydrogen-bond acceptors (Lipinski definition) is 5. The van der Waals surface area contributed by atoms with Crippen molar-refractivity contribution in [1.29, 1.82) is 0 Å². The number of aromatic nitrogens is 2. The number of nitrogens with one attached hydrogen (secondary N) is 1. The average Bonchev–Trinajstić information content (AvgIpc) is 2.85. The smallest absolute Gasteiger partial charge is 0.161 e. The summed E-state index contributed by atoms with van der Waals surface area (Å²) in [6, 6.07) is 5.85. The Morgan fingerprint density at radius 2 is 2.08 bits per heavy atom. The molecule has 0 radical (unpaired) electrons. The molecule has 0 fully saturated rings. The van der Waals surface area contributed by atoms with Gasteiger partial charge in [0.15, 0.2) is 11.5 Å². The normalized spacial score (nSPS) is 10.6. The van der Waals surface area contributed by atoms with Crippen LogP contribution in [0, 0.1) is 13.8 Å². The molecule has 136 valence electrons. The molecule has 6 heteroatoms. The lowest BCUT2D eigenvalue weighted by Crippen LogP contribution is -2.11. The summed E-state index contributed by atoms with van der Waals surface area (Å²) >= 11 is 0. The maximum Gasteiger partial charge on any atom is 0.161 e. The monoisotopic (exact) mass is 345 g/mol. The zero-order chi connectivity index (χ0) is 18.4. The Bertz CT molecular complexity index is 738. The van der Waals surface area contributed by atoms with E-state index in [-0.39, 0.29) is 6.61 Å². The third kappa shape index (κ3) is 4.76. The molecule has 0 saturated carbocycles. The van der Waals surface area contributed by atoms with Crippen LogP contribution in [0.4, 0.5) is 5.82 Å². The van der Waals surface area contributed by atoms with Gasteiger partial charge >= 0.3 is 0 Å². The van der Waals surface area contributed by atoms with E-state index in [1.165, 1.54) is 0 Å². The fourth-order valence-electron chi connectivity index (χ4n) is 2.48. The Hall–Kier alpha value is -2.47. The van der Waals surface area contributed by atoms with E-state index in [4.69, 9.17) is 9.47 Å². The van der Waals surface area contributed by atoms with Crippen LogP contribution in [0.25, 0.3) is 0 Å². The molecular weight excluding hydrogens is 318 g/mol. The molecule has 0 bridgehead atoms. The molecule has 0 saturated heterocycles. The van der Waals surface area contributed by atoms with Crippen molar-refractivity contribution in [3.05, 3.63) is 47.2 Å². The first-order chi connectivity index (χ1) is 12.0. The summed E-state index contributed by atoms with van der Waals surface area (Å²) in [5.41, 5.74) is 4.05. The highest BCUT2D eigenvalue weighted by atomic mass is 16.5. The molecule has 2 rings (SSSR count). The van der Waals surface area contributed by atoms with Gasteiger partial charge in [0.25, 0.3) is 0 Å². The summed E-state index contributed by atoms with van der Waals surface area (Å²) in [6.07, 6.45) is 0. The molecule has 1 aromatic heterocycles. The van der Waals surface area contributed by atoms with Gasteiger partial charge in [0, 0.05) is 12.1 Å². The number of anilines is 1. The van der Waals surface area contributed by atoms with E-state index < -0.39 is 0 Å². The third-order valence-electron chi connectivity index (χ3n) is 3.90. The van der Waals surface area contributed by atoms with Gasteiger partial charge in [-0.15, -0.1) is 0 Å². The van der Waals surface area contributed by atoms with Crippen LogP contribution in [0.2, 0.25) is 0 Å². The molecule has 1 heterocycles. The first kappa shape index (κ1) is 18.9. The molecule has 0 amide bonds. The second-order valence-electron chi connectivity index (χ2n) is 6.09. The Morgan fingerprint density at radius 1 is 1.32 bits per heavy atom. The van der Waals surface area contributed by atoms with Crippen LogP contribution in [0.1, 0.15) is 23.7 Å². The van der Waals surface area contributed by atoms with E-state index in [2.05, 4.69) is 17.0 Å². The first-order valence-corrected chi connectivity index (χ1v) is 8.29. The fraction of sp³-hybridized carbons (Fsp3) is 0.421. The van der Waals surface area contributed by atoms with Gasteiger partial charge in [-0.2, -0.15) is 5.10 Å². The zero-order valence-electron chi connectivity index (χ0n) is 15.4. The van der Waals surface area contributed by atoms with Crippen molar-refractivity contribution in [1.82, 2.24) is 9.78 Å². The molecule has 1 aromatic carbocycles. The maximum atomic E-state index is 9.20. The second kappa shape index (κ2) is 8.58. The Morgan fingerprint density at radius 3 is 2.72 bits per heavy atom. The van der Waals surface area contributed by atoms with Crippen molar-refractivity contribution >= 4 is 5.82 Å².